The fourth-order valence-electron chi connectivity index (χ4n) is 1.82. The Balaban J connectivity index is 2.47. The molecule has 0 radical (unpaired) electrons. The van der Waals surface area contributed by atoms with Gasteiger partial charge in [0.1, 0.15) is 0 Å². The lowest BCUT2D eigenvalue weighted by molar-refractivity contribution is 0.652. The van der Waals surface area contributed by atoms with Crippen LogP contribution in [0.4, 0.5) is 0 Å². The lowest BCUT2D eigenvalue weighted by Crippen LogP contribution is -2.12. The number of benzene rings is 2. The van der Waals surface area contributed by atoms with Crippen LogP contribution in [0.25, 0.3) is 11.1 Å². The van der Waals surface area contributed by atoms with Gasteiger partial charge >= 0.3 is 0 Å². The third-order valence-electron chi connectivity index (χ3n) is 3.01. The van der Waals surface area contributed by atoms with Gasteiger partial charge in [0.25, 0.3) is 0 Å². The van der Waals surface area contributed by atoms with E-state index in [0.717, 1.165) is 16.1 Å². The van der Waals surface area contributed by atoms with Crippen LogP contribution in [0.3, 0.4) is 0 Å². The van der Waals surface area contributed by atoms with Gasteiger partial charge in [0, 0.05) is 16.6 Å². The molecule has 2 rings (SSSR count). The van der Waals surface area contributed by atoms with Crippen LogP contribution in [0.1, 0.15) is 18.5 Å². The van der Waals surface area contributed by atoms with Crippen LogP contribution < -0.4 is 5.32 Å². The maximum Gasteiger partial charge on any atom is 0.0484 e. The minimum absolute atomic E-state index is 0.328. The zero-order valence-corrected chi connectivity index (χ0v) is 10.8. The summed E-state index contributed by atoms with van der Waals surface area (Å²) < 4.78 is 0. The number of hydrogen-bond donors (Lipinski definition) is 1. The van der Waals surface area contributed by atoms with E-state index in [2.05, 4.69) is 36.5 Å². The first-order chi connectivity index (χ1) is 8.22. The van der Waals surface area contributed by atoms with Crippen LogP contribution in [-0.4, -0.2) is 7.05 Å². The molecule has 0 aliphatic rings. The van der Waals surface area contributed by atoms with E-state index in [1.54, 1.807) is 0 Å². The third kappa shape index (κ3) is 2.68. The summed E-state index contributed by atoms with van der Waals surface area (Å²) in [5.41, 5.74) is 3.49. The highest BCUT2D eigenvalue weighted by Gasteiger charge is 2.07. The van der Waals surface area contributed by atoms with Gasteiger partial charge in [0.05, 0.1) is 0 Å². The van der Waals surface area contributed by atoms with Crippen molar-refractivity contribution in [1.29, 1.82) is 0 Å². The van der Waals surface area contributed by atoms with Crippen molar-refractivity contribution in [3.8, 4) is 11.1 Å². The quantitative estimate of drug-likeness (QED) is 0.851. The van der Waals surface area contributed by atoms with Gasteiger partial charge in [0.15, 0.2) is 0 Å². The van der Waals surface area contributed by atoms with E-state index in [1.807, 2.05) is 31.3 Å². The Hall–Kier alpha value is -1.31. The van der Waals surface area contributed by atoms with Crippen LogP contribution in [0.2, 0.25) is 5.02 Å². The van der Waals surface area contributed by atoms with E-state index >= 15 is 0 Å². The lowest BCUT2D eigenvalue weighted by Gasteiger charge is -2.13. The molecule has 0 saturated heterocycles. The molecule has 0 bridgehead atoms. The van der Waals surface area contributed by atoms with E-state index < -0.39 is 0 Å². The van der Waals surface area contributed by atoms with Crippen LogP contribution in [-0.2, 0) is 0 Å². The van der Waals surface area contributed by atoms with Crippen molar-refractivity contribution >= 4 is 11.6 Å². The fraction of sp³-hybridized carbons (Fsp3) is 0.200. The molecule has 0 aromatic heterocycles. The van der Waals surface area contributed by atoms with Gasteiger partial charge in [0.2, 0.25) is 0 Å². The van der Waals surface area contributed by atoms with E-state index in [0.29, 0.717) is 6.04 Å². The minimum Gasteiger partial charge on any atom is -0.313 e. The van der Waals surface area contributed by atoms with E-state index in [-0.39, 0.29) is 0 Å². The predicted octanol–water partition coefficient (Wildman–Crippen LogP) is 4.29. The summed E-state index contributed by atoms with van der Waals surface area (Å²) in [6.45, 7) is 2.14. The number of hydrogen-bond acceptors (Lipinski definition) is 1. The summed E-state index contributed by atoms with van der Waals surface area (Å²) in [5.74, 6) is 0. The Morgan fingerprint density at radius 3 is 2.41 bits per heavy atom. The molecule has 1 N–H and O–H groups in total. The van der Waals surface area contributed by atoms with Gasteiger partial charge in [-0.05, 0) is 37.2 Å². The molecule has 2 aromatic carbocycles. The second-order valence-electron chi connectivity index (χ2n) is 4.12. The Morgan fingerprint density at radius 2 is 1.76 bits per heavy atom. The van der Waals surface area contributed by atoms with Crippen molar-refractivity contribution in [3.05, 3.63) is 59.1 Å². The smallest absolute Gasteiger partial charge is 0.0484 e. The van der Waals surface area contributed by atoms with E-state index in [4.69, 9.17) is 11.6 Å². The lowest BCUT2D eigenvalue weighted by atomic mass is 10.00. The molecule has 0 heterocycles. The highest BCUT2D eigenvalue weighted by molar-refractivity contribution is 6.33. The zero-order valence-electron chi connectivity index (χ0n) is 10.1. The summed E-state index contributed by atoms with van der Waals surface area (Å²) in [6, 6.07) is 16.7. The van der Waals surface area contributed by atoms with Crippen molar-refractivity contribution in [1.82, 2.24) is 5.32 Å². The van der Waals surface area contributed by atoms with Crippen LogP contribution >= 0.6 is 11.6 Å². The largest absolute Gasteiger partial charge is 0.313 e. The molecule has 1 unspecified atom stereocenters. The van der Waals surface area contributed by atoms with Gasteiger partial charge < -0.3 is 5.32 Å². The molecule has 1 nitrogen and oxygen atoms in total. The van der Waals surface area contributed by atoms with Gasteiger partial charge in [-0.3, -0.25) is 0 Å². The zero-order chi connectivity index (χ0) is 12.3. The van der Waals surface area contributed by atoms with Crippen LogP contribution in [0, 0.1) is 0 Å². The summed E-state index contributed by atoms with van der Waals surface area (Å²) in [4.78, 5) is 0. The highest BCUT2D eigenvalue weighted by Crippen LogP contribution is 2.30. The second kappa shape index (κ2) is 5.35. The Morgan fingerprint density at radius 1 is 1.06 bits per heavy atom. The molecule has 0 aliphatic carbocycles. The summed E-state index contributed by atoms with van der Waals surface area (Å²) in [6.07, 6.45) is 0. The van der Waals surface area contributed by atoms with Gasteiger partial charge in [-0.1, -0.05) is 48.0 Å². The molecule has 17 heavy (non-hydrogen) atoms. The van der Waals surface area contributed by atoms with Gasteiger partial charge in [-0.15, -0.1) is 0 Å². The van der Waals surface area contributed by atoms with Crippen molar-refractivity contribution in [2.45, 2.75) is 13.0 Å². The van der Waals surface area contributed by atoms with Crippen LogP contribution in [0.5, 0.6) is 0 Å². The average molecular weight is 246 g/mol. The first-order valence-corrected chi connectivity index (χ1v) is 6.12. The molecule has 0 spiro atoms. The molecule has 1 atom stereocenters. The summed E-state index contributed by atoms with van der Waals surface area (Å²) >= 11 is 6.26. The molecule has 0 aliphatic heterocycles. The molecule has 2 aromatic rings. The van der Waals surface area contributed by atoms with Crippen molar-refractivity contribution in [2.75, 3.05) is 7.05 Å². The molecule has 0 saturated carbocycles. The van der Waals surface area contributed by atoms with Crippen LogP contribution in [0.15, 0.2) is 48.5 Å². The van der Waals surface area contributed by atoms with E-state index in [1.165, 1.54) is 5.56 Å². The monoisotopic (exact) mass is 245 g/mol. The molecule has 2 heteroatoms. The fourth-order valence-corrected chi connectivity index (χ4v) is 2.04. The minimum atomic E-state index is 0.328. The van der Waals surface area contributed by atoms with Crippen molar-refractivity contribution in [2.24, 2.45) is 0 Å². The number of halogens is 1. The Kier molecular flexibility index (Phi) is 3.82. The topological polar surface area (TPSA) is 12.0 Å². The number of rotatable bonds is 3. The van der Waals surface area contributed by atoms with E-state index in [9.17, 15) is 0 Å². The molecule has 0 amide bonds. The van der Waals surface area contributed by atoms with Gasteiger partial charge in [-0.25, -0.2) is 0 Å². The van der Waals surface area contributed by atoms with Crippen molar-refractivity contribution in [3.63, 3.8) is 0 Å². The van der Waals surface area contributed by atoms with Crippen molar-refractivity contribution < 1.29 is 0 Å². The molecule has 0 fully saturated rings. The number of nitrogens with one attached hydrogen (secondary N) is 1. The Labute approximate surface area is 107 Å². The predicted molar refractivity (Wildman–Crippen MR) is 74.4 cm³/mol. The SMILES string of the molecule is CNC(C)c1ccc(Cl)c(-c2ccccc2)c1. The molecule has 88 valence electrons. The second-order valence-corrected chi connectivity index (χ2v) is 4.52. The Bertz CT molecular complexity index is 494. The summed E-state index contributed by atoms with van der Waals surface area (Å²) in [7, 11) is 1.96. The third-order valence-corrected chi connectivity index (χ3v) is 3.34. The molecular weight excluding hydrogens is 230 g/mol. The standard InChI is InChI=1S/C15H16ClN/c1-11(17-2)13-8-9-15(16)14(10-13)12-6-4-3-5-7-12/h3-11,17H,1-2H3. The average Bonchev–Trinajstić information content (AvgIpc) is 2.39. The maximum atomic E-state index is 6.26. The first-order valence-electron chi connectivity index (χ1n) is 5.74. The first kappa shape index (κ1) is 12.2. The normalized spacial score (nSPS) is 12.4. The van der Waals surface area contributed by atoms with Gasteiger partial charge in [-0.2, -0.15) is 0 Å². The maximum absolute atomic E-state index is 6.26. The highest BCUT2D eigenvalue weighted by atomic mass is 35.5. The summed E-state index contributed by atoms with van der Waals surface area (Å²) in [5, 5.41) is 4.03. The molecular formula is C15H16ClN.